The van der Waals surface area contributed by atoms with E-state index < -0.39 is 0 Å². The van der Waals surface area contributed by atoms with Crippen LogP contribution in [0.2, 0.25) is 10.0 Å². The number of amides is 2. The summed E-state index contributed by atoms with van der Waals surface area (Å²) in [5.74, 6) is 1.18. The van der Waals surface area contributed by atoms with Gasteiger partial charge in [-0.1, -0.05) is 23.2 Å². The first kappa shape index (κ1) is 21.6. The number of hydrogen-bond acceptors (Lipinski definition) is 6. The maximum absolute atomic E-state index is 13.5. The summed E-state index contributed by atoms with van der Waals surface area (Å²) >= 11 is 12.1. The van der Waals surface area contributed by atoms with Crippen molar-refractivity contribution < 1.29 is 14.0 Å². The topological polar surface area (TPSA) is 97.4 Å². The van der Waals surface area contributed by atoms with Crippen LogP contribution in [0.1, 0.15) is 69.6 Å². The highest BCUT2D eigenvalue weighted by atomic mass is 35.5. The van der Waals surface area contributed by atoms with E-state index in [4.69, 9.17) is 32.7 Å². The smallest absolute Gasteiger partial charge is 0.273 e. The van der Waals surface area contributed by atoms with E-state index in [1.165, 1.54) is 0 Å². The molecule has 0 saturated heterocycles. The highest BCUT2D eigenvalue weighted by Gasteiger charge is 2.38. The van der Waals surface area contributed by atoms with Crippen molar-refractivity contribution in [3.8, 4) is 0 Å². The third kappa shape index (κ3) is 3.67. The fraction of sp³-hybridized carbons (Fsp3) is 0.435. The van der Waals surface area contributed by atoms with Crippen molar-refractivity contribution in [3.05, 3.63) is 62.5 Å². The second-order valence-electron chi connectivity index (χ2n) is 9.15. The summed E-state index contributed by atoms with van der Waals surface area (Å²) in [6, 6.07) is 4.79. The van der Waals surface area contributed by atoms with Crippen molar-refractivity contribution in [1.82, 2.24) is 29.8 Å². The first-order chi connectivity index (χ1) is 16.4. The van der Waals surface area contributed by atoms with E-state index in [0.717, 1.165) is 24.1 Å². The average molecular weight is 501 g/mol. The molecule has 0 spiro atoms. The number of halogens is 2. The number of aromatic nitrogens is 4. The van der Waals surface area contributed by atoms with Crippen LogP contribution in [0.3, 0.4) is 0 Å². The van der Waals surface area contributed by atoms with Gasteiger partial charge in [-0.3, -0.25) is 14.3 Å². The number of fused-ring (bicyclic) bond motifs is 3. The standard InChI is InChI=1S/C23H22Cl2N6O3/c1-12-8-18-15(10-30(12)22(32)14-4-5-16(24)17(25)9-14)20-23(33)29(6-7-31(20)28-18)11-19-26-27-21(34-19)13-2-3-13/h4-5,9,12-13H,2-3,6-8,10-11H2,1H3/t12-/m1/s1. The SMILES string of the molecule is C[C@@H]1Cc2nn3c(c2CN1C(=O)c1ccc(Cl)c(Cl)c1)C(=O)N(Cc1nnc(C2CC2)o1)CC3. The van der Waals surface area contributed by atoms with Gasteiger partial charge in [-0.15, -0.1) is 10.2 Å². The molecule has 0 unspecified atom stereocenters. The summed E-state index contributed by atoms with van der Waals surface area (Å²) in [6.45, 7) is 3.64. The maximum atomic E-state index is 13.5. The van der Waals surface area contributed by atoms with Gasteiger partial charge in [0, 0.05) is 36.1 Å². The Kier molecular flexibility index (Phi) is 5.14. The molecule has 2 aliphatic heterocycles. The molecule has 3 aromatic rings. The normalized spacial score (nSPS) is 19.9. The highest BCUT2D eigenvalue weighted by molar-refractivity contribution is 6.42. The quantitative estimate of drug-likeness (QED) is 0.541. The Morgan fingerprint density at radius 2 is 2.00 bits per heavy atom. The predicted molar refractivity (Wildman–Crippen MR) is 123 cm³/mol. The van der Waals surface area contributed by atoms with Crippen molar-refractivity contribution >= 4 is 35.0 Å². The molecular formula is C23H22Cl2N6O3. The lowest BCUT2D eigenvalue weighted by molar-refractivity contribution is 0.0631. The molecule has 0 radical (unpaired) electrons. The summed E-state index contributed by atoms with van der Waals surface area (Å²) in [5.41, 5.74) is 2.65. The molecule has 1 atom stereocenters. The number of benzene rings is 1. The van der Waals surface area contributed by atoms with Gasteiger partial charge in [0.15, 0.2) is 0 Å². The molecule has 0 bridgehead atoms. The zero-order valence-corrected chi connectivity index (χ0v) is 20.0. The van der Waals surface area contributed by atoms with Crippen molar-refractivity contribution in [2.75, 3.05) is 6.54 Å². The molecule has 1 fully saturated rings. The number of carbonyl (C=O) groups is 2. The van der Waals surface area contributed by atoms with Crippen LogP contribution in [0.4, 0.5) is 0 Å². The predicted octanol–water partition coefficient (Wildman–Crippen LogP) is 3.69. The lowest BCUT2D eigenvalue weighted by Crippen LogP contribution is -2.44. The van der Waals surface area contributed by atoms with E-state index in [9.17, 15) is 9.59 Å². The van der Waals surface area contributed by atoms with Crippen LogP contribution in [0.5, 0.6) is 0 Å². The Morgan fingerprint density at radius 3 is 2.76 bits per heavy atom. The molecular weight excluding hydrogens is 479 g/mol. The van der Waals surface area contributed by atoms with Crippen LogP contribution in [0, 0.1) is 0 Å². The lowest BCUT2D eigenvalue weighted by atomic mass is 9.97. The fourth-order valence-corrected chi connectivity index (χ4v) is 4.97. The van der Waals surface area contributed by atoms with Crippen LogP contribution in [0.15, 0.2) is 22.6 Å². The third-order valence-electron chi connectivity index (χ3n) is 6.72. The summed E-state index contributed by atoms with van der Waals surface area (Å²) < 4.78 is 7.53. The van der Waals surface area contributed by atoms with Gasteiger partial charge >= 0.3 is 0 Å². The molecule has 6 rings (SSSR count). The molecule has 11 heteroatoms. The van der Waals surface area contributed by atoms with Crippen LogP contribution in [0.25, 0.3) is 0 Å². The average Bonchev–Trinajstić information content (AvgIpc) is 3.45. The number of hydrogen-bond donors (Lipinski definition) is 0. The molecule has 2 aromatic heterocycles. The van der Waals surface area contributed by atoms with Crippen LogP contribution < -0.4 is 0 Å². The fourth-order valence-electron chi connectivity index (χ4n) is 4.67. The minimum atomic E-state index is -0.157. The van der Waals surface area contributed by atoms with Gasteiger partial charge in [0.05, 0.1) is 35.4 Å². The lowest BCUT2D eigenvalue weighted by Gasteiger charge is -2.34. The van der Waals surface area contributed by atoms with E-state index in [2.05, 4.69) is 10.2 Å². The Hall–Kier alpha value is -2.91. The van der Waals surface area contributed by atoms with E-state index >= 15 is 0 Å². The van der Waals surface area contributed by atoms with E-state index in [0.29, 0.717) is 65.1 Å². The molecule has 0 N–H and O–H groups in total. The van der Waals surface area contributed by atoms with Crippen molar-refractivity contribution in [1.29, 1.82) is 0 Å². The molecule has 3 aliphatic rings. The zero-order valence-electron chi connectivity index (χ0n) is 18.5. The van der Waals surface area contributed by atoms with Crippen LogP contribution >= 0.6 is 23.2 Å². The summed E-state index contributed by atoms with van der Waals surface area (Å²) in [7, 11) is 0. The minimum Gasteiger partial charge on any atom is -0.423 e. The largest absolute Gasteiger partial charge is 0.423 e. The van der Waals surface area contributed by atoms with E-state index in [-0.39, 0.29) is 24.4 Å². The first-order valence-corrected chi connectivity index (χ1v) is 12.1. The Bertz CT molecular complexity index is 1310. The number of rotatable bonds is 4. The number of carbonyl (C=O) groups excluding carboxylic acids is 2. The van der Waals surface area contributed by atoms with Crippen molar-refractivity contribution in [2.24, 2.45) is 0 Å². The van der Waals surface area contributed by atoms with Crippen LogP contribution in [-0.4, -0.2) is 54.2 Å². The molecule has 176 valence electrons. The summed E-state index contributed by atoms with van der Waals surface area (Å²) in [5, 5.41) is 13.7. The monoisotopic (exact) mass is 500 g/mol. The number of nitrogens with zero attached hydrogens (tertiary/aromatic N) is 6. The Morgan fingerprint density at radius 1 is 1.18 bits per heavy atom. The van der Waals surface area contributed by atoms with Crippen molar-refractivity contribution in [3.63, 3.8) is 0 Å². The molecule has 1 aliphatic carbocycles. The summed E-state index contributed by atoms with van der Waals surface area (Å²) in [4.78, 5) is 30.2. The second-order valence-corrected chi connectivity index (χ2v) is 9.96. The molecule has 1 aromatic carbocycles. The molecule has 34 heavy (non-hydrogen) atoms. The second kappa shape index (κ2) is 8.09. The first-order valence-electron chi connectivity index (χ1n) is 11.3. The minimum absolute atomic E-state index is 0.0724. The van der Waals surface area contributed by atoms with Gasteiger partial charge in [0.1, 0.15) is 5.69 Å². The zero-order chi connectivity index (χ0) is 23.6. The third-order valence-corrected chi connectivity index (χ3v) is 7.46. The van der Waals surface area contributed by atoms with Gasteiger partial charge < -0.3 is 14.2 Å². The molecule has 9 nitrogen and oxygen atoms in total. The van der Waals surface area contributed by atoms with Gasteiger partial charge in [-0.25, -0.2) is 0 Å². The highest BCUT2D eigenvalue weighted by Crippen LogP contribution is 2.39. The Labute approximate surface area is 205 Å². The van der Waals surface area contributed by atoms with Gasteiger partial charge in [0.25, 0.3) is 11.8 Å². The summed E-state index contributed by atoms with van der Waals surface area (Å²) in [6.07, 6.45) is 2.72. The molecule has 1 saturated carbocycles. The van der Waals surface area contributed by atoms with E-state index in [1.807, 2.05) is 6.92 Å². The molecule has 2 amide bonds. The van der Waals surface area contributed by atoms with Gasteiger partial charge in [0.2, 0.25) is 11.8 Å². The van der Waals surface area contributed by atoms with E-state index in [1.54, 1.807) is 32.7 Å². The van der Waals surface area contributed by atoms with Gasteiger partial charge in [-0.05, 0) is 38.0 Å². The van der Waals surface area contributed by atoms with Crippen molar-refractivity contribution in [2.45, 2.75) is 57.8 Å². The van der Waals surface area contributed by atoms with Crippen LogP contribution in [-0.2, 0) is 26.1 Å². The van der Waals surface area contributed by atoms with Gasteiger partial charge in [-0.2, -0.15) is 5.10 Å². The Balaban J connectivity index is 1.25. The molecule has 4 heterocycles. The maximum Gasteiger partial charge on any atom is 0.273 e.